The van der Waals surface area contributed by atoms with Crippen LogP contribution >= 0.6 is 11.3 Å². The second-order valence-electron chi connectivity index (χ2n) is 5.03. The minimum Gasteiger partial charge on any atom is -1.00 e. The van der Waals surface area contributed by atoms with Crippen molar-refractivity contribution in [2.45, 2.75) is 18.8 Å². The van der Waals surface area contributed by atoms with E-state index >= 15 is 0 Å². The van der Waals surface area contributed by atoms with Crippen LogP contribution in [-0.4, -0.2) is 18.4 Å². The largest absolute Gasteiger partial charge is 1.00 e. The monoisotopic (exact) mass is 374 g/mol. The van der Waals surface area contributed by atoms with Crippen molar-refractivity contribution in [2.75, 3.05) is 0 Å². The van der Waals surface area contributed by atoms with Gasteiger partial charge in [0.15, 0.2) is 5.43 Å². The molecule has 2 aromatic carbocycles. The molecule has 3 aromatic rings. The molecular formula is C16H15NaO5S2. The zero-order chi connectivity index (χ0) is 16.6. The average Bonchev–Trinajstić information content (AvgIpc) is 2.51. The van der Waals surface area contributed by atoms with Gasteiger partial charge in [-0.1, -0.05) is 25.1 Å². The molecule has 0 saturated carbocycles. The van der Waals surface area contributed by atoms with E-state index in [4.69, 9.17) is 4.74 Å². The van der Waals surface area contributed by atoms with Gasteiger partial charge in [-0.15, -0.1) is 11.3 Å². The summed E-state index contributed by atoms with van der Waals surface area (Å²) in [7, 11) is -4.36. The third-order valence-electron chi connectivity index (χ3n) is 3.49. The standard InChI is InChI=1S/C16H14O5S2.Na.H/c1-2-14(23(18,19)20)21-11-7-5-9-13-15(11)16(17)10-6-3-4-8-12(10)22-13;;/h3-9,14H,2H2,1H3,(H,18,19,20);;/q;+1;-1. The third-order valence-corrected chi connectivity index (χ3v) is 5.72. The number of fused-ring (bicyclic) bond motifs is 2. The Morgan fingerprint density at radius 3 is 2.50 bits per heavy atom. The Morgan fingerprint density at radius 1 is 1.17 bits per heavy atom. The first kappa shape index (κ1) is 19.4. The molecule has 0 aliphatic carbocycles. The molecule has 3 rings (SSSR count). The van der Waals surface area contributed by atoms with Crippen molar-refractivity contribution in [1.29, 1.82) is 0 Å². The predicted molar refractivity (Wildman–Crippen MR) is 93.0 cm³/mol. The van der Waals surface area contributed by atoms with Crippen LogP contribution in [0.15, 0.2) is 47.3 Å². The second-order valence-corrected chi connectivity index (χ2v) is 7.67. The van der Waals surface area contributed by atoms with E-state index in [1.165, 1.54) is 11.3 Å². The van der Waals surface area contributed by atoms with Gasteiger partial charge in [0.1, 0.15) is 5.75 Å². The molecular weight excluding hydrogens is 359 g/mol. The van der Waals surface area contributed by atoms with Gasteiger partial charge in [0, 0.05) is 14.8 Å². The first-order chi connectivity index (χ1) is 10.9. The van der Waals surface area contributed by atoms with Crippen LogP contribution in [0.1, 0.15) is 14.8 Å². The van der Waals surface area contributed by atoms with E-state index in [0.29, 0.717) is 15.5 Å². The maximum Gasteiger partial charge on any atom is 1.00 e. The minimum absolute atomic E-state index is 0. The van der Waals surface area contributed by atoms with E-state index in [0.717, 1.165) is 4.70 Å². The molecule has 0 bridgehead atoms. The van der Waals surface area contributed by atoms with E-state index in [9.17, 15) is 17.8 Å². The van der Waals surface area contributed by atoms with Crippen molar-refractivity contribution < 1.29 is 48.7 Å². The number of ether oxygens (including phenoxy) is 1. The van der Waals surface area contributed by atoms with Crippen LogP contribution in [0.5, 0.6) is 5.75 Å². The quantitative estimate of drug-likeness (QED) is 0.409. The van der Waals surface area contributed by atoms with Gasteiger partial charge in [0.05, 0.1) is 5.39 Å². The van der Waals surface area contributed by atoms with Crippen molar-refractivity contribution in [2.24, 2.45) is 0 Å². The molecule has 0 saturated heterocycles. The van der Waals surface area contributed by atoms with Gasteiger partial charge in [0.2, 0.25) is 5.44 Å². The number of benzene rings is 2. The van der Waals surface area contributed by atoms with Gasteiger partial charge in [-0.3, -0.25) is 9.35 Å². The summed E-state index contributed by atoms with van der Waals surface area (Å²) in [5.41, 5.74) is -1.61. The van der Waals surface area contributed by atoms with E-state index in [1.807, 2.05) is 12.1 Å². The van der Waals surface area contributed by atoms with Crippen LogP contribution in [0.3, 0.4) is 0 Å². The van der Waals surface area contributed by atoms with Crippen LogP contribution in [0.25, 0.3) is 20.2 Å². The molecule has 0 spiro atoms. The molecule has 24 heavy (non-hydrogen) atoms. The van der Waals surface area contributed by atoms with Gasteiger partial charge in [-0.2, -0.15) is 8.42 Å². The molecule has 1 atom stereocenters. The van der Waals surface area contributed by atoms with Crippen LogP contribution in [0, 0.1) is 0 Å². The van der Waals surface area contributed by atoms with E-state index < -0.39 is 15.6 Å². The summed E-state index contributed by atoms with van der Waals surface area (Å²) >= 11 is 1.43. The molecule has 122 valence electrons. The smallest absolute Gasteiger partial charge is 1.00 e. The summed E-state index contributed by atoms with van der Waals surface area (Å²) in [6.07, 6.45) is 0.0699. The minimum atomic E-state index is -4.36. The van der Waals surface area contributed by atoms with Crippen molar-refractivity contribution >= 4 is 41.6 Å². The SMILES string of the molecule is CCC(Oc1cccc2sc3ccccc3c(=O)c12)S(=O)(=O)O.[H-].[Na+]. The van der Waals surface area contributed by atoms with Gasteiger partial charge in [-0.05, 0) is 30.7 Å². The molecule has 1 N–H and O–H groups in total. The van der Waals surface area contributed by atoms with Gasteiger partial charge >= 0.3 is 39.7 Å². The number of hydrogen-bond acceptors (Lipinski definition) is 5. The molecule has 1 heterocycles. The van der Waals surface area contributed by atoms with Gasteiger partial charge in [0.25, 0.3) is 0 Å². The summed E-state index contributed by atoms with van der Waals surface area (Å²) in [6.45, 7) is 1.58. The molecule has 0 fully saturated rings. The van der Waals surface area contributed by atoms with Crippen molar-refractivity contribution in [3.05, 3.63) is 52.7 Å². The maximum atomic E-state index is 12.7. The van der Waals surface area contributed by atoms with Crippen LogP contribution in [0.4, 0.5) is 0 Å². The predicted octanol–water partition coefficient (Wildman–Crippen LogP) is 0.534. The molecule has 1 aromatic heterocycles. The topological polar surface area (TPSA) is 80.7 Å². The Kier molecular flexibility index (Phi) is 6.06. The van der Waals surface area contributed by atoms with Gasteiger partial charge in [-0.25, -0.2) is 0 Å². The Bertz CT molecular complexity index is 1050. The summed E-state index contributed by atoms with van der Waals surface area (Å²) in [5, 5.41) is 0.888. The third kappa shape index (κ3) is 3.66. The molecule has 0 amide bonds. The molecule has 0 radical (unpaired) electrons. The van der Waals surface area contributed by atoms with Crippen LogP contribution in [0.2, 0.25) is 0 Å². The average molecular weight is 374 g/mol. The fourth-order valence-corrected chi connectivity index (χ4v) is 4.15. The Morgan fingerprint density at radius 2 is 1.83 bits per heavy atom. The van der Waals surface area contributed by atoms with Crippen LogP contribution < -0.4 is 39.7 Å². The van der Waals surface area contributed by atoms with Crippen LogP contribution in [-0.2, 0) is 10.1 Å². The first-order valence-corrected chi connectivity index (χ1v) is 9.31. The van der Waals surface area contributed by atoms with E-state index in [2.05, 4.69) is 0 Å². The van der Waals surface area contributed by atoms with Crippen molar-refractivity contribution in [3.8, 4) is 5.75 Å². The summed E-state index contributed by atoms with van der Waals surface area (Å²) < 4.78 is 38.9. The Balaban J connectivity index is 0.00000156. The fourth-order valence-electron chi connectivity index (χ4n) is 2.41. The molecule has 8 heteroatoms. The zero-order valence-electron chi connectivity index (χ0n) is 14.2. The molecule has 5 nitrogen and oxygen atoms in total. The fraction of sp³-hybridized carbons (Fsp3) is 0.188. The summed E-state index contributed by atoms with van der Waals surface area (Å²) in [5.74, 6) is 0.166. The summed E-state index contributed by atoms with van der Waals surface area (Å²) in [4.78, 5) is 12.7. The maximum absolute atomic E-state index is 12.7. The number of hydrogen-bond donors (Lipinski definition) is 1. The van der Waals surface area contributed by atoms with Crippen molar-refractivity contribution in [1.82, 2.24) is 0 Å². The Hall–Kier alpha value is -0.960. The normalized spacial score (nSPS) is 12.8. The Labute approximate surface area is 166 Å². The first-order valence-electron chi connectivity index (χ1n) is 6.99. The van der Waals surface area contributed by atoms with Gasteiger partial charge < -0.3 is 6.16 Å². The number of rotatable bonds is 4. The van der Waals surface area contributed by atoms with E-state index in [1.54, 1.807) is 37.3 Å². The van der Waals surface area contributed by atoms with Crippen molar-refractivity contribution in [3.63, 3.8) is 0 Å². The molecule has 0 aliphatic rings. The summed E-state index contributed by atoms with van der Waals surface area (Å²) in [6, 6.07) is 12.2. The van der Waals surface area contributed by atoms with E-state index in [-0.39, 0.29) is 48.6 Å². The second kappa shape index (κ2) is 7.51. The zero-order valence-corrected chi connectivity index (χ0v) is 16.9. The molecule has 0 aliphatic heterocycles. The molecule has 1 unspecified atom stereocenters.